The van der Waals surface area contributed by atoms with E-state index < -0.39 is 5.97 Å². The number of para-hydroxylation sites is 1. The molecule has 0 amide bonds. The van der Waals surface area contributed by atoms with Crippen LogP contribution in [0, 0.1) is 0 Å². The number of fused-ring (bicyclic) bond motifs is 1. The van der Waals surface area contributed by atoms with Crippen molar-refractivity contribution in [2.45, 2.75) is 6.92 Å². The molecule has 0 radical (unpaired) electrons. The van der Waals surface area contributed by atoms with Gasteiger partial charge in [0.15, 0.2) is 6.61 Å². The van der Waals surface area contributed by atoms with Crippen molar-refractivity contribution >= 4 is 16.9 Å². The summed E-state index contributed by atoms with van der Waals surface area (Å²) in [4.78, 5) is 19.3. The van der Waals surface area contributed by atoms with Gasteiger partial charge in [0, 0.05) is 0 Å². The lowest BCUT2D eigenvalue weighted by molar-refractivity contribution is -0.145. The number of ether oxygens (including phenoxy) is 2. The van der Waals surface area contributed by atoms with Crippen LogP contribution in [0.15, 0.2) is 30.6 Å². The molecule has 0 saturated carbocycles. The van der Waals surface area contributed by atoms with Crippen molar-refractivity contribution in [2.75, 3.05) is 13.2 Å². The summed E-state index contributed by atoms with van der Waals surface area (Å²) in [5.74, 6) is -0.0150. The average molecular weight is 232 g/mol. The minimum absolute atomic E-state index is 0.144. The predicted molar refractivity (Wildman–Crippen MR) is 61.7 cm³/mol. The van der Waals surface area contributed by atoms with Crippen molar-refractivity contribution in [3.63, 3.8) is 0 Å². The van der Waals surface area contributed by atoms with Gasteiger partial charge in [-0.05, 0) is 19.1 Å². The summed E-state index contributed by atoms with van der Waals surface area (Å²) in [6.45, 7) is 1.94. The van der Waals surface area contributed by atoms with E-state index >= 15 is 0 Å². The number of hydrogen-bond acceptors (Lipinski definition) is 5. The van der Waals surface area contributed by atoms with Gasteiger partial charge in [-0.3, -0.25) is 0 Å². The first-order valence-corrected chi connectivity index (χ1v) is 5.29. The van der Waals surface area contributed by atoms with Crippen LogP contribution in [-0.4, -0.2) is 29.2 Å². The molecule has 2 rings (SSSR count). The van der Waals surface area contributed by atoms with E-state index in [1.165, 1.54) is 6.33 Å². The van der Waals surface area contributed by atoms with E-state index in [0.717, 1.165) is 10.9 Å². The Bertz CT molecular complexity index is 523. The van der Waals surface area contributed by atoms with Crippen molar-refractivity contribution < 1.29 is 14.3 Å². The molecule has 0 atom stereocenters. The second-order valence-corrected chi connectivity index (χ2v) is 3.29. The van der Waals surface area contributed by atoms with E-state index in [9.17, 15) is 4.79 Å². The Kier molecular flexibility index (Phi) is 3.49. The maximum absolute atomic E-state index is 11.2. The van der Waals surface area contributed by atoms with Crippen LogP contribution in [0.4, 0.5) is 0 Å². The number of carbonyl (C=O) groups excluding carboxylic acids is 1. The molecule has 0 fully saturated rings. The minimum Gasteiger partial charge on any atom is -0.465 e. The van der Waals surface area contributed by atoms with Gasteiger partial charge in [-0.25, -0.2) is 14.8 Å². The SMILES string of the molecule is CCOC(=O)COc1ncnc2ccccc12. The Balaban J connectivity index is 2.16. The molecule has 0 bridgehead atoms. The molecule has 17 heavy (non-hydrogen) atoms. The first kappa shape index (κ1) is 11.3. The van der Waals surface area contributed by atoms with E-state index in [1.807, 2.05) is 24.3 Å². The highest BCUT2D eigenvalue weighted by Gasteiger charge is 2.07. The van der Waals surface area contributed by atoms with Crippen LogP contribution in [0.5, 0.6) is 5.88 Å². The van der Waals surface area contributed by atoms with Crippen LogP contribution in [0.2, 0.25) is 0 Å². The van der Waals surface area contributed by atoms with Gasteiger partial charge in [0.25, 0.3) is 0 Å². The van der Waals surface area contributed by atoms with Gasteiger partial charge < -0.3 is 9.47 Å². The monoisotopic (exact) mass is 232 g/mol. The predicted octanol–water partition coefficient (Wildman–Crippen LogP) is 1.57. The second-order valence-electron chi connectivity index (χ2n) is 3.29. The second kappa shape index (κ2) is 5.25. The molecule has 0 saturated heterocycles. The van der Waals surface area contributed by atoms with Crippen molar-refractivity contribution in [1.82, 2.24) is 9.97 Å². The van der Waals surface area contributed by atoms with Gasteiger partial charge >= 0.3 is 5.97 Å². The molecule has 88 valence electrons. The number of nitrogens with zero attached hydrogens (tertiary/aromatic N) is 2. The molecule has 1 heterocycles. The van der Waals surface area contributed by atoms with E-state index in [-0.39, 0.29) is 6.61 Å². The van der Waals surface area contributed by atoms with Gasteiger partial charge in [0.1, 0.15) is 6.33 Å². The molecule has 2 aromatic rings. The molecule has 0 aliphatic heterocycles. The Morgan fingerprint density at radius 3 is 2.94 bits per heavy atom. The largest absolute Gasteiger partial charge is 0.465 e. The number of aromatic nitrogens is 2. The van der Waals surface area contributed by atoms with Crippen LogP contribution in [-0.2, 0) is 9.53 Å². The third-order valence-corrected chi connectivity index (χ3v) is 2.14. The van der Waals surface area contributed by atoms with Gasteiger partial charge in [-0.1, -0.05) is 12.1 Å². The molecular formula is C12H12N2O3. The van der Waals surface area contributed by atoms with Crippen LogP contribution >= 0.6 is 0 Å². The van der Waals surface area contributed by atoms with E-state index in [4.69, 9.17) is 9.47 Å². The number of rotatable bonds is 4. The third-order valence-electron chi connectivity index (χ3n) is 2.14. The van der Waals surface area contributed by atoms with E-state index in [0.29, 0.717) is 12.5 Å². The Morgan fingerprint density at radius 1 is 1.29 bits per heavy atom. The Labute approximate surface area is 98.4 Å². The summed E-state index contributed by atoms with van der Waals surface area (Å²) in [7, 11) is 0. The Morgan fingerprint density at radius 2 is 2.12 bits per heavy atom. The normalized spacial score (nSPS) is 10.2. The van der Waals surface area contributed by atoms with Crippen LogP contribution < -0.4 is 4.74 Å². The molecule has 0 spiro atoms. The maximum Gasteiger partial charge on any atom is 0.344 e. The van der Waals surface area contributed by atoms with Gasteiger partial charge in [-0.15, -0.1) is 0 Å². The highest BCUT2D eigenvalue weighted by Crippen LogP contribution is 2.20. The first-order chi connectivity index (χ1) is 8.31. The van der Waals surface area contributed by atoms with Gasteiger partial charge in [-0.2, -0.15) is 0 Å². The lowest BCUT2D eigenvalue weighted by atomic mass is 10.2. The van der Waals surface area contributed by atoms with Crippen LogP contribution in [0.1, 0.15) is 6.92 Å². The molecule has 0 aliphatic carbocycles. The number of hydrogen-bond donors (Lipinski definition) is 0. The first-order valence-electron chi connectivity index (χ1n) is 5.29. The molecule has 0 N–H and O–H groups in total. The smallest absolute Gasteiger partial charge is 0.344 e. The van der Waals surface area contributed by atoms with Crippen molar-refractivity contribution in [1.29, 1.82) is 0 Å². The quantitative estimate of drug-likeness (QED) is 0.749. The average Bonchev–Trinajstić information content (AvgIpc) is 2.36. The van der Waals surface area contributed by atoms with E-state index in [2.05, 4.69) is 9.97 Å². The zero-order valence-electron chi connectivity index (χ0n) is 9.42. The summed E-state index contributed by atoms with van der Waals surface area (Å²) in [5.41, 5.74) is 0.779. The van der Waals surface area contributed by atoms with E-state index in [1.54, 1.807) is 6.92 Å². The molecular weight excluding hydrogens is 220 g/mol. The zero-order valence-corrected chi connectivity index (χ0v) is 9.42. The topological polar surface area (TPSA) is 61.3 Å². The lowest BCUT2D eigenvalue weighted by Crippen LogP contribution is -2.15. The zero-order chi connectivity index (χ0) is 12.1. The fourth-order valence-electron chi connectivity index (χ4n) is 1.43. The molecule has 0 unspecified atom stereocenters. The summed E-state index contributed by atoms with van der Waals surface area (Å²) in [5, 5.41) is 0.777. The van der Waals surface area contributed by atoms with Gasteiger partial charge in [0.2, 0.25) is 5.88 Å². The van der Waals surface area contributed by atoms with Crippen LogP contribution in [0.25, 0.3) is 10.9 Å². The maximum atomic E-state index is 11.2. The standard InChI is InChI=1S/C12H12N2O3/c1-2-16-11(15)7-17-12-9-5-3-4-6-10(9)13-8-14-12/h3-6,8H,2,7H2,1H3. The van der Waals surface area contributed by atoms with Crippen molar-refractivity contribution in [2.24, 2.45) is 0 Å². The van der Waals surface area contributed by atoms with Crippen molar-refractivity contribution in [3.05, 3.63) is 30.6 Å². The minimum atomic E-state index is -0.407. The lowest BCUT2D eigenvalue weighted by Gasteiger charge is -2.06. The summed E-state index contributed by atoms with van der Waals surface area (Å²) < 4.78 is 10.1. The number of esters is 1. The molecule has 0 aliphatic rings. The van der Waals surface area contributed by atoms with Gasteiger partial charge in [0.05, 0.1) is 17.5 Å². The summed E-state index contributed by atoms with van der Waals surface area (Å²) in [6.07, 6.45) is 1.41. The third kappa shape index (κ3) is 2.69. The summed E-state index contributed by atoms with van der Waals surface area (Å²) >= 11 is 0. The highest BCUT2D eigenvalue weighted by molar-refractivity contribution is 5.83. The molecule has 1 aromatic heterocycles. The fraction of sp³-hybridized carbons (Fsp3) is 0.250. The molecule has 5 heteroatoms. The van der Waals surface area contributed by atoms with Crippen molar-refractivity contribution in [3.8, 4) is 5.88 Å². The number of carbonyl (C=O) groups is 1. The molecule has 5 nitrogen and oxygen atoms in total. The Hall–Kier alpha value is -2.17. The fourth-order valence-corrected chi connectivity index (χ4v) is 1.43. The molecule has 1 aromatic carbocycles. The van der Waals surface area contributed by atoms with Crippen LogP contribution in [0.3, 0.4) is 0 Å². The highest BCUT2D eigenvalue weighted by atomic mass is 16.6. The number of benzene rings is 1. The summed E-state index contributed by atoms with van der Waals surface area (Å²) in [6, 6.07) is 7.44.